The summed E-state index contributed by atoms with van der Waals surface area (Å²) < 4.78 is 197. The first-order valence-electron chi connectivity index (χ1n) is 9.03. The molecule has 0 aromatic rings. The Morgan fingerprint density at radius 2 is 0.941 bits per heavy atom. The standard InChI is InChI=1S/C16H19F15N2O/c1-7(2)33(8(3)4)6-5-32-9(34)10(17,18)11(19,20)12(21,22)13(23,24)14(25,26)15(27,28)16(29,30)31/h7-8H,5-6H2,1-4H3,(H,32,34). The van der Waals surface area contributed by atoms with Crippen LogP contribution in [-0.2, 0) is 4.79 Å². The zero-order chi connectivity index (χ0) is 27.9. The van der Waals surface area contributed by atoms with Crippen LogP contribution in [0.5, 0.6) is 0 Å². The van der Waals surface area contributed by atoms with E-state index in [4.69, 9.17) is 0 Å². The zero-order valence-electron chi connectivity index (χ0n) is 17.6. The molecule has 3 nitrogen and oxygen atoms in total. The third-order valence-electron chi connectivity index (χ3n) is 4.60. The molecule has 204 valence electrons. The number of hydrogen-bond donors (Lipinski definition) is 1. The van der Waals surface area contributed by atoms with Gasteiger partial charge in [-0.3, -0.25) is 9.69 Å². The second-order valence-electron chi connectivity index (χ2n) is 7.63. The Balaban J connectivity index is 6.10. The number of alkyl halides is 15. The van der Waals surface area contributed by atoms with E-state index in [0.29, 0.717) is 0 Å². The molecule has 0 saturated heterocycles. The molecule has 0 aromatic carbocycles. The molecule has 0 radical (unpaired) electrons. The van der Waals surface area contributed by atoms with Crippen molar-refractivity contribution in [1.82, 2.24) is 10.2 Å². The van der Waals surface area contributed by atoms with E-state index >= 15 is 0 Å². The van der Waals surface area contributed by atoms with Crippen LogP contribution < -0.4 is 5.32 Å². The van der Waals surface area contributed by atoms with Crippen molar-refractivity contribution in [3.63, 3.8) is 0 Å². The molecule has 18 heteroatoms. The van der Waals surface area contributed by atoms with Gasteiger partial charge < -0.3 is 5.32 Å². The van der Waals surface area contributed by atoms with Gasteiger partial charge in [-0.05, 0) is 27.7 Å². The number of amides is 1. The summed E-state index contributed by atoms with van der Waals surface area (Å²) in [6.45, 7) is 4.87. The quantitative estimate of drug-likeness (QED) is 0.347. The maximum atomic E-state index is 13.7. The van der Waals surface area contributed by atoms with Crippen molar-refractivity contribution in [2.45, 2.75) is 81.5 Å². The fourth-order valence-corrected chi connectivity index (χ4v) is 2.63. The second-order valence-corrected chi connectivity index (χ2v) is 7.63. The first kappa shape index (κ1) is 32.4. The van der Waals surface area contributed by atoms with Gasteiger partial charge in [0, 0.05) is 25.2 Å². The van der Waals surface area contributed by atoms with E-state index < -0.39 is 54.2 Å². The molecule has 0 aromatic heterocycles. The van der Waals surface area contributed by atoms with Crippen molar-refractivity contribution in [3.8, 4) is 0 Å². The normalized spacial score (nSPS) is 15.5. The average molecular weight is 540 g/mol. The van der Waals surface area contributed by atoms with E-state index in [1.165, 1.54) is 4.90 Å². The van der Waals surface area contributed by atoms with E-state index in [0.717, 1.165) is 5.32 Å². The summed E-state index contributed by atoms with van der Waals surface area (Å²) in [7, 11) is 0. The van der Waals surface area contributed by atoms with Crippen molar-refractivity contribution in [2.24, 2.45) is 0 Å². The molecular formula is C16H19F15N2O. The molecule has 0 bridgehead atoms. The smallest absolute Gasteiger partial charge is 0.349 e. The van der Waals surface area contributed by atoms with Crippen molar-refractivity contribution < 1.29 is 70.7 Å². The molecule has 0 rings (SSSR count). The largest absolute Gasteiger partial charge is 0.460 e. The van der Waals surface area contributed by atoms with Gasteiger partial charge in [-0.1, -0.05) is 0 Å². The number of halogens is 15. The minimum absolute atomic E-state index is 0.334. The summed E-state index contributed by atoms with van der Waals surface area (Å²) in [4.78, 5) is 12.8. The maximum Gasteiger partial charge on any atom is 0.460 e. The summed E-state index contributed by atoms with van der Waals surface area (Å²) in [5.74, 6) is -51.3. The van der Waals surface area contributed by atoms with E-state index in [1.54, 1.807) is 27.7 Å². The Morgan fingerprint density at radius 3 is 1.26 bits per heavy atom. The third-order valence-corrected chi connectivity index (χ3v) is 4.60. The van der Waals surface area contributed by atoms with Gasteiger partial charge in [-0.25, -0.2) is 0 Å². The topological polar surface area (TPSA) is 32.3 Å². The van der Waals surface area contributed by atoms with E-state index in [-0.39, 0.29) is 18.6 Å². The van der Waals surface area contributed by atoms with Gasteiger partial charge >= 0.3 is 41.7 Å². The molecule has 34 heavy (non-hydrogen) atoms. The molecule has 0 saturated carbocycles. The van der Waals surface area contributed by atoms with Gasteiger partial charge in [-0.2, -0.15) is 65.9 Å². The Kier molecular flexibility index (Phi) is 8.99. The summed E-state index contributed by atoms with van der Waals surface area (Å²) in [5.41, 5.74) is 0. The number of carbonyl (C=O) groups excluding carboxylic acids is 1. The summed E-state index contributed by atoms with van der Waals surface area (Å²) in [5, 5.41) is 0.982. The van der Waals surface area contributed by atoms with E-state index in [2.05, 4.69) is 0 Å². The Hall–Kier alpha value is -1.62. The molecule has 0 atom stereocenters. The monoisotopic (exact) mass is 540 g/mol. The van der Waals surface area contributed by atoms with Crippen LogP contribution in [-0.4, -0.2) is 77.7 Å². The zero-order valence-corrected chi connectivity index (χ0v) is 17.6. The van der Waals surface area contributed by atoms with Crippen LogP contribution in [0.2, 0.25) is 0 Å². The molecular weight excluding hydrogens is 521 g/mol. The lowest BCUT2D eigenvalue weighted by Crippen LogP contribution is -2.74. The molecule has 1 amide bonds. The number of nitrogens with one attached hydrogen (secondary N) is 1. The number of carbonyl (C=O) groups is 1. The predicted octanol–water partition coefficient (Wildman–Crippen LogP) is 5.60. The Bertz CT molecular complexity index is 708. The lowest BCUT2D eigenvalue weighted by Gasteiger charge is -2.41. The lowest BCUT2D eigenvalue weighted by atomic mass is 9.91. The fourth-order valence-electron chi connectivity index (χ4n) is 2.63. The summed E-state index contributed by atoms with van der Waals surface area (Å²) >= 11 is 0. The minimum Gasteiger partial charge on any atom is -0.349 e. The number of rotatable bonds is 11. The molecule has 0 aliphatic carbocycles. The minimum atomic E-state index is -8.42. The van der Waals surface area contributed by atoms with Crippen LogP contribution in [0.25, 0.3) is 0 Å². The Labute approximate surface area is 182 Å². The first-order valence-corrected chi connectivity index (χ1v) is 9.03. The van der Waals surface area contributed by atoms with Crippen molar-refractivity contribution >= 4 is 5.91 Å². The highest BCUT2D eigenvalue weighted by Gasteiger charge is 2.94. The fraction of sp³-hybridized carbons (Fsp3) is 0.938. The van der Waals surface area contributed by atoms with Crippen LogP contribution >= 0.6 is 0 Å². The molecule has 0 aliphatic rings. The summed E-state index contributed by atoms with van der Waals surface area (Å²) in [6, 6.07) is -0.668. The highest BCUT2D eigenvalue weighted by molar-refractivity contribution is 5.84. The van der Waals surface area contributed by atoms with Gasteiger partial charge in [-0.15, -0.1) is 0 Å². The van der Waals surface area contributed by atoms with E-state index in [9.17, 15) is 70.7 Å². The molecule has 1 N–H and O–H groups in total. The highest BCUT2D eigenvalue weighted by Crippen LogP contribution is 2.62. The molecule has 0 aliphatic heterocycles. The SMILES string of the molecule is CC(C)N(CCNC(=O)C(F)(F)C(F)(F)C(F)(F)C(F)(F)C(F)(F)C(F)(F)C(F)(F)F)C(C)C. The number of hydrogen-bond acceptors (Lipinski definition) is 2. The molecule has 0 spiro atoms. The van der Waals surface area contributed by atoms with Crippen LogP contribution in [0.4, 0.5) is 65.9 Å². The third kappa shape index (κ3) is 5.01. The summed E-state index contributed by atoms with van der Waals surface area (Å²) in [6.07, 6.45) is -7.68. The van der Waals surface area contributed by atoms with Crippen LogP contribution in [0.15, 0.2) is 0 Å². The maximum absolute atomic E-state index is 13.7. The van der Waals surface area contributed by atoms with Gasteiger partial charge in [0.1, 0.15) is 0 Å². The first-order chi connectivity index (χ1) is 14.7. The van der Waals surface area contributed by atoms with Gasteiger partial charge in [0.2, 0.25) is 0 Å². The highest BCUT2D eigenvalue weighted by atomic mass is 19.4. The van der Waals surface area contributed by atoms with Crippen LogP contribution in [0.3, 0.4) is 0 Å². The van der Waals surface area contributed by atoms with Crippen molar-refractivity contribution in [1.29, 1.82) is 0 Å². The van der Waals surface area contributed by atoms with Gasteiger partial charge in [0.25, 0.3) is 5.91 Å². The van der Waals surface area contributed by atoms with Gasteiger partial charge in [0.05, 0.1) is 0 Å². The molecule has 0 unspecified atom stereocenters. The molecule has 0 fully saturated rings. The van der Waals surface area contributed by atoms with Crippen molar-refractivity contribution in [2.75, 3.05) is 13.1 Å². The second kappa shape index (κ2) is 9.44. The Morgan fingerprint density at radius 1 is 0.618 bits per heavy atom. The van der Waals surface area contributed by atoms with Crippen molar-refractivity contribution in [3.05, 3.63) is 0 Å². The van der Waals surface area contributed by atoms with Crippen LogP contribution in [0.1, 0.15) is 27.7 Å². The van der Waals surface area contributed by atoms with Crippen LogP contribution in [0, 0.1) is 0 Å². The molecule has 0 heterocycles. The number of nitrogens with zero attached hydrogens (tertiary/aromatic N) is 1. The van der Waals surface area contributed by atoms with Gasteiger partial charge in [0.15, 0.2) is 0 Å². The van der Waals surface area contributed by atoms with E-state index in [1.807, 2.05) is 0 Å². The lowest BCUT2D eigenvalue weighted by molar-refractivity contribution is -0.449. The predicted molar refractivity (Wildman–Crippen MR) is 85.7 cm³/mol. The average Bonchev–Trinajstić information content (AvgIpc) is 2.62.